The first-order valence-corrected chi connectivity index (χ1v) is 13.1. The van der Waals surface area contributed by atoms with Crippen molar-refractivity contribution in [2.75, 3.05) is 13.1 Å². The Balaban J connectivity index is 1.38. The molecule has 5 aliphatic rings. The normalized spacial score (nSPS) is 34.9. The molecule has 3 aliphatic carbocycles. The number of hydrogen-bond donors (Lipinski definition) is 2. The lowest BCUT2D eigenvalue weighted by Crippen LogP contribution is -2.85. The zero-order chi connectivity index (χ0) is 26.7. The number of piperidine rings is 1. The maximum Gasteiger partial charge on any atom is 0.416 e. The first-order valence-electron chi connectivity index (χ1n) is 13.1. The summed E-state index contributed by atoms with van der Waals surface area (Å²) in [6.45, 7) is 0.694. The Morgan fingerprint density at radius 3 is 2.58 bits per heavy atom. The minimum absolute atomic E-state index is 0.0438. The van der Waals surface area contributed by atoms with Crippen LogP contribution >= 0.6 is 0 Å². The number of hydrogen-bond acceptors (Lipinski definition) is 5. The van der Waals surface area contributed by atoms with Gasteiger partial charge in [0.15, 0.2) is 23.4 Å². The van der Waals surface area contributed by atoms with Gasteiger partial charge in [0.05, 0.1) is 24.1 Å². The Hall–Kier alpha value is -3.11. The zero-order valence-corrected chi connectivity index (χ0v) is 20.5. The van der Waals surface area contributed by atoms with Gasteiger partial charge in [0, 0.05) is 36.3 Å². The highest BCUT2D eigenvalue weighted by Crippen LogP contribution is 2.66. The number of rotatable bonds is 4. The van der Waals surface area contributed by atoms with Crippen LogP contribution in [0.4, 0.5) is 13.2 Å². The summed E-state index contributed by atoms with van der Waals surface area (Å²) in [5.74, 6) is -0.259. The van der Waals surface area contributed by atoms with Crippen LogP contribution in [0.25, 0.3) is 0 Å². The standard InChI is InChI=1S/C28H27F3N2O5/c29-28(30,31)18-6-3-16(4-7-18)25(36)32-27-10-9-20(35)24-26(27)11-12-33(37,14-15-1-2-15)21(27)13-17-5-8-19(34)23(38-24)22(17)26/h3-8,15,21,24,34H,1-2,9-14H2,(H,32,36)/t21-,24+,26+,27-,33?/m1/s1. The number of hydroxylamine groups is 3. The molecule has 2 heterocycles. The number of benzene rings is 2. The predicted octanol–water partition coefficient (Wildman–Crippen LogP) is 3.99. The first-order chi connectivity index (χ1) is 18.0. The van der Waals surface area contributed by atoms with Crippen LogP contribution in [0.2, 0.25) is 0 Å². The van der Waals surface area contributed by atoms with Gasteiger partial charge in [-0.3, -0.25) is 9.59 Å². The number of ether oxygens (including phenoxy) is 1. The SMILES string of the molecule is O=C(N[C@@]12CCC(=O)[C@@H]3Oc4c(O)ccc5c4[C@@]31CC[N+]([O-])(CC1CC1)[C@@H]2C5)c1ccc(C(F)(F)F)cc1. The predicted molar refractivity (Wildman–Crippen MR) is 128 cm³/mol. The van der Waals surface area contributed by atoms with Gasteiger partial charge in [0.1, 0.15) is 11.6 Å². The van der Waals surface area contributed by atoms with E-state index in [4.69, 9.17) is 4.74 Å². The van der Waals surface area contributed by atoms with Crippen LogP contribution in [-0.4, -0.2) is 52.2 Å². The van der Waals surface area contributed by atoms with Gasteiger partial charge in [0.25, 0.3) is 5.91 Å². The molecule has 1 spiro atoms. The van der Waals surface area contributed by atoms with Gasteiger partial charge in [-0.1, -0.05) is 6.07 Å². The number of carbonyl (C=O) groups excluding carboxylic acids is 2. The monoisotopic (exact) mass is 528 g/mol. The number of likely N-dealkylation sites (tertiary alicyclic amines) is 1. The lowest BCUT2D eigenvalue weighted by molar-refractivity contribution is -0.920. The average Bonchev–Trinajstić information content (AvgIpc) is 3.60. The number of alkyl halides is 3. The Morgan fingerprint density at radius 2 is 1.89 bits per heavy atom. The highest BCUT2D eigenvalue weighted by atomic mass is 19.4. The fourth-order valence-electron chi connectivity index (χ4n) is 7.93. The molecule has 0 radical (unpaired) electrons. The van der Waals surface area contributed by atoms with E-state index in [1.54, 1.807) is 6.07 Å². The smallest absolute Gasteiger partial charge is 0.416 e. The lowest BCUT2D eigenvalue weighted by Gasteiger charge is -2.69. The molecule has 2 bridgehead atoms. The van der Waals surface area contributed by atoms with E-state index in [1.807, 2.05) is 0 Å². The number of nitrogens with one attached hydrogen (secondary N) is 1. The topological polar surface area (TPSA) is 98.7 Å². The molecule has 1 amide bonds. The van der Waals surface area contributed by atoms with Crippen molar-refractivity contribution >= 4 is 11.7 Å². The third kappa shape index (κ3) is 3.04. The van der Waals surface area contributed by atoms with E-state index < -0.39 is 45.4 Å². The minimum Gasteiger partial charge on any atom is -0.633 e. The van der Waals surface area contributed by atoms with Crippen molar-refractivity contribution in [1.82, 2.24) is 5.32 Å². The van der Waals surface area contributed by atoms with Crippen molar-refractivity contribution in [2.24, 2.45) is 5.92 Å². The number of phenols is 1. The minimum atomic E-state index is -4.53. The fraction of sp³-hybridized carbons (Fsp3) is 0.500. The van der Waals surface area contributed by atoms with Gasteiger partial charge in [-0.05, 0) is 55.2 Å². The van der Waals surface area contributed by atoms with Crippen LogP contribution in [0, 0.1) is 11.1 Å². The summed E-state index contributed by atoms with van der Waals surface area (Å²) in [5, 5.41) is 28.4. The van der Waals surface area contributed by atoms with Crippen LogP contribution in [0.3, 0.4) is 0 Å². The highest BCUT2D eigenvalue weighted by Gasteiger charge is 2.76. The van der Waals surface area contributed by atoms with Crippen LogP contribution in [0.15, 0.2) is 36.4 Å². The van der Waals surface area contributed by atoms with E-state index in [2.05, 4.69) is 5.32 Å². The van der Waals surface area contributed by atoms with Crippen molar-refractivity contribution in [3.63, 3.8) is 0 Å². The first kappa shape index (κ1) is 24.0. The quantitative estimate of drug-likeness (QED) is 0.462. The Labute approximate surface area is 216 Å². The number of aromatic hydroxyl groups is 1. The van der Waals surface area contributed by atoms with E-state index in [0.29, 0.717) is 30.9 Å². The molecule has 2 N–H and O–H groups in total. The summed E-state index contributed by atoms with van der Waals surface area (Å²) in [4.78, 5) is 27.0. The van der Waals surface area contributed by atoms with Gasteiger partial charge in [0.2, 0.25) is 0 Å². The largest absolute Gasteiger partial charge is 0.633 e. The highest BCUT2D eigenvalue weighted by molar-refractivity contribution is 5.96. The van der Waals surface area contributed by atoms with Gasteiger partial charge in [-0.25, -0.2) is 0 Å². The van der Waals surface area contributed by atoms with Crippen LogP contribution in [0.1, 0.15) is 59.2 Å². The molecular formula is C28H27F3N2O5. The van der Waals surface area contributed by atoms with E-state index in [-0.39, 0.29) is 42.2 Å². The molecular weight excluding hydrogens is 501 g/mol. The van der Waals surface area contributed by atoms with E-state index in [0.717, 1.165) is 42.7 Å². The molecule has 5 atom stereocenters. The molecule has 7 rings (SSSR count). The molecule has 200 valence electrons. The summed E-state index contributed by atoms with van der Waals surface area (Å²) in [6.07, 6.45) is -2.55. The van der Waals surface area contributed by atoms with Crippen molar-refractivity contribution < 1.29 is 37.3 Å². The molecule has 3 fully saturated rings. The van der Waals surface area contributed by atoms with Crippen LogP contribution < -0.4 is 10.1 Å². The molecule has 38 heavy (non-hydrogen) atoms. The van der Waals surface area contributed by atoms with Crippen molar-refractivity contribution in [3.8, 4) is 11.5 Å². The number of nitrogens with zero attached hydrogens (tertiary/aromatic N) is 1. The van der Waals surface area contributed by atoms with Crippen molar-refractivity contribution in [3.05, 3.63) is 63.9 Å². The zero-order valence-electron chi connectivity index (χ0n) is 20.5. The number of phenolic OH excluding ortho intramolecular Hbond substituents is 1. The van der Waals surface area contributed by atoms with E-state index in [1.165, 1.54) is 6.07 Å². The molecule has 1 unspecified atom stereocenters. The number of quaternary nitrogens is 1. The Kier molecular flexibility index (Phi) is 4.73. The molecule has 10 heteroatoms. The lowest BCUT2D eigenvalue weighted by atomic mass is 9.47. The molecule has 0 aromatic heterocycles. The third-order valence-electron chi connectivity index (χ3n) is 9.72. The molecule has 7 nitrogen and oxygen atoms in total. The molecule has 2 aliphatic heterocycles. The Morgan fingerprint density at radius 1 is 1.16 bits per heavy atom. The van der Waals surface area contributed by atoms with Crippen LogP contribution in [-0.2, 0) is 22.8 Å². The van der Waals surface area contributed by atoms with Gasteiger partial charge >= 0.3 is 6.18 Å². The summed E-state index contributed by atoms with van der Waals surface area (Å²) >= 11 is 0. The van der Waals surface area contributed by atoms with Gasteiger partial charge < -0.3 is 25.0 Å². The maximum atomic E-state index is 14.6. The number of carbonyl (C=O) groups is 2. The third-order valence-corrected chi connectivity index (χ3v) is 9.72. The van der Waals surface area contributed by atoms with E-state index >= 15 is 0 Å². The molecule has 1 saturated heterocycles. The fourth-order valence-corrected chi connectivity index (χ4v) is 7.93. The summed E-state index contributed by atoms with van der Waals surface area (Å²) < 4.78 is 45.0. The van der Waals surface area contributed by atoms with E-state index in [9.17, 15) is 33.1 Å². The number of halogens is 3. The summed E-state index contributed by atoms with van der Waals surface area (Å²) in [7, 11) is 0. The summed E-state index contributed by atoms with van der Waals surface area (Å²) in [5.41, 5.74) is -1.48. The molecule has 2 saturated carbocycles. The summed E-state index contributed by atoms with van der Waals surface area (Å²) in [6, 6.07) is 6.71. The van der Waals surface area contributed by atoms with Crippen molar-refractivity contribution in [2.45, 2.75) is 67.8 Å². The molecule has 2 aromatic rings. The average molecular weight is 529 g/mol. The number of ketones is 1. The van der Waals surface area contributed by atoms with Crippen LogP contribution in [0.5, 0.6) is 11.5 Å². The molecule has 2 aromatic carbocycles. The van der Waals surface area contributed by atoms with Gasteiger partial charge in [-0.2, -0.15) is 13.2 Å². The van der Waals surface area contributed by atoms with Gasteiger partial charge in [-0.15, -0.1) is 0 Å². The second kappa shape index (κ2) is 7.51. The number of amides is 1. The maximum absolute atomic E-state index is 14.6. The second-order valence-corrected chi connectivity index (χ2v) is 11.7. The van der Waals surface area contributed by atoms with Crippen molar-refractivity contribution in [1.29, 1.82) is 0 Å². The second-order valence-electron chi connectivity index (χ2n) is 11.7. The Bertz CT molecular complexity index is 1370. The number of Topliss-reactive ketones (excluding diaryl/α,β-unsaturated/α-hetero) is 1.